The summed E-state index contributed by atoms with van der Waals surface area (Å²) in [6.07, 6.45) is 0.731. The van der Waals surface area contributed by atoms with Gasteiger partial charge in [0.2, 0.25) is 0 Å². The van der Waals surface area contributed by atoms with Crippen molar-refractivity contribution in [3.8, 4) is 11.5 Å². The van der Waals surface area contributed by atoms with Gasteiger partial charge in [-0.3, -0.25) is 4.90 Å². The van der Waals surface area contributed by atoms with Crippen LogP contribution in [0.15, 0.2) is 84.9 Å². The van der Waals surface area contributed by atoms with Gasteiger partial charge in [0, 0.05) is 19.1 Å². The monoisotopic (exact) mass is 403 g/mol. The average Bonchev–Trinajstić information content (AvgIpc) is 2.80. The van der Waals surface area contributed by atoms with Gasteiger partial charge in [0.05, 0.1) is 11.7 Å². The summed E-state index contributed by atoms with van der Waals surface area (Å²) >= 11 is 0. The second-order valence-corrected chi connectivity index (χ2v) is 8.10. The highest BCUT2D eigenvalue weighted by Gasteiger charge is 2.36. The summed E-state index contributed by atoms with van der Waals surface area (Å²) in [5.41, 5.74) is 1.07. The van der Waals surface area contributed by atoms with Gasteiger partial charge < -0.3 is 14.9 Å². The van der Waals surface area contributed by atoms with Crippen LogP contribution in [0.3, 0.4) is 0 Å². The quantitative estimate of drug-likeness (QED) is 0.616. The van der Waals surface area contributed by atoms with Crippen molar-refractivity contribution in [1.82, 2.24) is 4.90 Å². The van der Waals surface area contributed by atoms with Crippen LogP contribution in [0.1, 0.15) is 37.0 Å². The van der Waals surface area contributed by atoms with Gasteiger partial charge in [-0.05, 0) is 55.2 Å². The first-order valence-electron chi connectivity index (χ1n) is 10.6. The molecule has 0 aliphatic carbocycles. The molecule has 3 aromatic rings. The minimum atomic E-state index is -0.779. The minimum absolute atomic E-state index is 0.0359. The van der Waals surface area contributed by atoms with Gasteiger partial charge in [-0.25, -0.2) is 0 Å². The standard InChI is InChI=1S/C26H29NO3/c1-20(27-18-16-26(29,17-19-27)22-8-4-2-5-9-22)25(28)21-12-14-24(15-13-21)30-23-10-6-3-7-11-23/h2-15,20,25,28-29H,16-19H2,1H3. The largest absolute Gasteiger partial charge is 0.457 e. The van der Waals surface area contributed by atoms with E-state index in [1.165, 1.54) is 0 Å². The van der Waals surface area contributed by atoms with E-state index in [-0.39, 0.29) is 6.04 Å². The van der Waals surface area contributed by atoms with E-state index in [2.05, 4.69) is 4.90 Å². The van der Waals surface area contributed by atoms with E-state index < -0.39 is 11.7 Å². The Balaban J connectivity index is 1.36. The van der Waals surface area contributed by atoms with Crippen molar-refractivity contribution in [1.29, 1.82) is 0 Å². The normalized spacial score (nSPS) is 18.5. The SMILES string of the molecule is CC(C(O)c1ccc(Oc2ccccc2)cc1)N1CCC(O)(c2ccccc2)CC1. The maximum absolute atomic E-state index is 11.0. The number of hydrogen-bond acceptors (Lipinski definition) is 4. The van der Waals surface area contributed by atoms with Crippen LogP contribution in [0.5, 0.6) is 11.5 Å². The Morgan fingerprint density at radius 3 is 1.93 bits per heavy atom. The fourth-order valence-electron chi connectivity index (χ4n) is 4.17. The van der Waals surface area contributed by atoms with Crippen LogP contribution in [-0.4, -0.2) is 34.2 Å². The zero-order valence-electron chi connectivity index (χ0n) is 17.3. The lowest BCUT2D eigenvalue weighted by Gasteiger charge is -2.42. The maximum Gasteiger partial charge on any atom is 0.127 e. The van der Waals surface area contributed by atoms with E-state index in [4.69, 9.17) is 4.74 Å². The van der Waals surface area contributed by atoms with Gasteiger partial charge in [0.25, 0.3) is 0 Å². The molecule has 156 valence electrons. The molecular weight excluding hydrogens is 374 g/mol. The van der Waals surface area contributed by atoms with E-state index >= 15 is 0 Å². The number of aliphatic hydroxyl groups is 2. The first kappa shape index (κ1) is 20.6. The van der Waals surface area contributed by atoms with Gasteiger partial charge >= 0.3 is 0 Å². The third-order valence-electron chi connectivity index (χ3n) is 6.17. The molecule has 30 heavy (non-hydrogen) atoms. The third-order valence-corrected chi connectivity index (χ3v) is 6.17. The van der Waals surface area contributed by atoms with E-state index in [0.29, 0.717) is 12.8 Å². The molecule has 4 rings (SSSR count). The van der Waals surface area contributed by atoms with Crippen LogP contribution in [-0.2, 0) is 5.60 Å². The van der Waals surface area contributed by atoms with Gasteiger partial charge in [-0.1, -0.05) is 60.7 Å². The average molecular weight is 404 g/mol. The zero-order valence-corrected chi connectivity index (χ0v) is 17.3. The number of para-hydroxylation sites is 1. The highest BCUT2D eigenvalue weighted by molar-refractivity contribution is 5.34. The molecular formula is C26H29NO3. The molecule has 1 aliphatic heterocycles. The highest BCUT2D eigenvalue weighted by Crippen LogP contribution is 2.35. The lowest BCUT2D eigenvalue weighted by molar-refractivity contribution is -0.0501. The lowest BCUT2D eigenvalue weighted by atomic mass is 9.83. The molecule has 0 aromatic heterocycles. The smallest absolute Gasteiger partial charge is 0.127 e. The molecule has 2 atom stereocenters. The van der Waals surface area contributed by atoms with Crippen LogP contribution in [0, 0.1) is 0 Å². The highest BCUT2D eigenvalue weighted by atomic mass is 16.5. The molecule has 1 aliphatic rings. The minimum Gasteiger partial charge on any atom is -0.457 e. The molecule has 4 nitrogen and oxygen atoms in total. The Morgan fingerprint density at radius 1 is 0.800 bits per heavy atom. The second kappa shape index (κ2) is 9.00. The summed E-state index contributed by atoms with van der Waals surface area (Å²) in [6, 6.07) is 27.1. The van der Waals surface area contributed by atoms with Crippen molar-refractivity contribution >= 4 is 0 Å². The summed E-state index contributed by atoms with van der Waals surface area (Å²) < 4.78 is 5.83. The first-order valence-corrected chi connectivity index (χ1v) is 10.6. The van der Waals surface area contributed by atoms with Crippen molar-refractivity contribution in [2.45, 2.75) is 37.5 Å². The van der Waals surface area contributed by atoms with Gasteiger partial charge in [-0.15, -0.1) is 0 Å². The number of ether oxygens (including phenoxy) is 1. The van der Waals surface area contributed by atoms with Crippen LogP contribution in [0.2, 0.25) is 0 Å². The number of piperidine rings is 1. The number of hydrogen-bond donors (Lipinski definition) is 2. The van der Waals surface area contributed by atoms with Crippen LogP contribution in [0.25, 0.3) is 0 Å². The van der Waals surface area contributed by atoms with Crippen molar-refractivity contribution in [2.75, 3.05) is 13.1 Å². The van der Waals surface area contributed by atoms with Crippen molar-refractivity contribution < 1.29 is 14.9 Å². The van der Waals surface area contributed by atoms with Crippen molar-refractivity contribution in [3.63, 3.8) is 0 Å². The number of benzene rings is 3. The van der Waals surface area contributed by atoms with E-state index in [1.807, 2.05) is 91.9 Å². The van der Waals surface area contributed by atoms with E-state index in [9.17, 15) is 10.2 Å². The molecule has 4 heteroatoms. The summed E-state index contributed by atoms with van der Waals surface area (Å²) in [5, 5.41) is 22.0. The number of aliphatic hydroxyl groups excluding tert-OH is 1. The summed E-state index contributed by atoms with van der Waals surface area (Å²) in [5.74, 6) is 1.54. The lowest BCUT2D eigenvalue weighted by Crippen LogP contribution is -2.47. The Bertz CT molecular complexity index is 920. The Hall–Kier alpha value is -2.66. The maximum atomic E-state index is 11.0. The summed E-state index contributed by atoms with van der Waals surface area (Å²) in [6.45, 7) is 3.55. The molecule has 0 saturated carbocycles. The molecule has 0 spiro atoms. The third kappa shape index (κ3) is 4.57. The van der Waals surface area contributed by atoms with Crippen molar-refractivity contribution in [2.24, 2.45) is 0 Å². The molecule has 1 saturated heterocycles. The number of rotatable bonds is 6. The predicted octanol–water partition coefficient (Wildman–Crippen LogP) is 4.88. The van der Waals surface area contributed by atoms with Gasteiger partial charge in [0.1, 0.15) is 11.5 Å². The molecule has 1 heterocycles. The molecule has 0 radical (unpaired) electrons. The second-order valence-electron chi connectivity index (χ2n) is 8.10. The van der Waals surface area contributed by atoms with Crippen LogP contribution < -0.4 is 4.74 Å². The molecule has 0 bridgehead atoms. The fourth-order valence-corrected chi connectivity index (χ4v) is 4.17. The molecule has 1 fully saturated rings. The predicted molar refractivity (Wildman–Crippen MR) is 119 cm³/mol. The van der Waals surface area contributed by atoms with E-state index in [0.717, 1.165) is 35.7 Å². The first-order chi connectivity index (χ1) is 14.5. The van der Waals surface area contributed by atoms with Gasteiger partial charge in [-0.2, -0.15) is 0 Å². The number of likely N-dealkylation sites (tertiary alicyclic amines) is 1. The topological polar surface area (TPSA) is 52.9 Å². The van der Waals surface area contributed by atoms with Gasteiger partial charge in [0.15, 0.2) is 0 Å². The van der Waals surface area contributed by atoms with E-state index in [1.54, 1.807) is 0 Å². The molecule has 2 unspecified atom stereocenters. The molecule has 3 aromatic carbocycles. The summed E-state index contributed by atoms with van der Waals surface area (Å²) in [4.78, 5) is 2.26. The summed E-state index contributed by atoms with van der Waals surface area (Å²) in [7, 11) is 0. The molecule has 0 amide bonds. The fraction of sp³-hybridized carbons (Fsp3) is 0.308. The van der Waals surface area contributed by atoms with Crippen LogP contribution >= 0.6 is 0 Å². The van der Waals surface area contributed by atoms with Crippen molar-refractivity contribution in [3.05, 3.63) is 96.1 Å². The molecule has 2 N–H and O–H groups in total. The Kier molecular flexibility index (Phi) is 6.18. The van der Waals surface area contributed by atoms with Crippen LogP contribution in [0.4, 0.5) is 0 Å². The Labute approximate surface area is 178 Å². The number of nitrogens with zero attached hydrogens (tertiary/aromatic N) is 1. The Morgan fingerprint density at radius 2 is 1.33 bits per heavy atom. The zero-order chi connectivity index (χ0) is 21.0.